The molecule has 0 saturated carbocycles. The average Bonchev–Trinajstić information content (AvgIpc) is 3.33. The fourth-order valence-electron chi connectivity index (χ4n) is 3.80. The summed E-state index contributed by atoms with van der Waals surface area (Å²) in [6.07, 6.45) is 5.01. The van der Waals surface area contributed by atoms with E-state index in [0.29, 0.717) is 44.3 Å². The van der Waals surface area contributed by atoms with Crippen molar-refractivity contribution in [3.63, 3.8) is 0 Å². The van der Waals surface area contributed by atoms with Gasteiger partial charge in [0, 0.05) is 70.4 Å². The molecule has 2 amide bonds. The zero-order chi connectivity index (χ0) is 21.1. The summed E-state index contributed by atoms with van der Waals surface area (Å²) in [5.41, 5.74) is 2.51. The van der Waals surface area contributed by atoms with E-state index < -0.39 is 0 Å². The van der Waals surface area contributed by atoms with Crippen molar-refractivity contribution in [2.45, 2.75) is 18.9 Å². The predicted molar refractivity (Wildman–Crippen MR) is 113 cm³/mol. The van der Waals surface area contributed by atoms with Gasteiger partial charge in [-0.3, -0.25) is 9.59 Å². The second-order valence-electron chi connectivity index (χ2n) is 7.86. The molecule has 0 N–H and O–H groups in total. The number of carbonyl (C=O) groups excluding carboxylic acids is 2. The highest BCUT2D eigenvalue weighted by molar-refractivity contribution is 5.95. The van der Waals surface area contributed by atoms with E-state index >= 15 is 0 Å². The summed E-state index contributed by atoms with van der Waals surface area (Å²) in [6.45, 7) is 2.85. The van der Waals surface area contributed by atoms with E-state index in [1.54, 1.807) is 12.4 Å². The van der Waals surface area contributed by atoms with Crippen LogP contribution in [-0.4, -0.2) is 84.6 Å². The van der Waals surface area contributed by atoms with E-state index in [2.05, 4.69) is 9.97 Å². The van der Waals surface area contributed by atoms with E-state index in [4.69, 9.17) is 4.74 Å². The van der Waals surface area contributed by atoms with Crippen LogP contribution in [0, 0.1) is 0 Å². The lowest BCUT2D eigenvalue weighted by Gasteiger charge is -2.35. The van der Waals surface area contributed by atoms with Crippen molar-refractivity contribution in [2.75, 3.05) is 51.8 Å². The molecule has 0 bridgehead atoms. The lowest BCUT2D eigenvalue weighted by atomic mass is 10.1. The first-order valence-corrected chi connectivity index (χ1v) is 10.3. The number of anilines is 1. The van der Waals surface area contributed by atoms with Crippen LogP contribution in [0.1, 0.15) is 23.2 Å². The Morgan fingerprint density at radius 1 is 0.967 bits per heavy atom. The molecule has 2 aromatic rings. The van der Waals surface area contributed by atoms with Gasteiger partial charge in [0.25, 0.3) is 11.8 Å². The molecule has 2 aliphatic rings. The van der Waals surface area contributed by atoms with Crippen LogP contribution in [0.4, 0.5) is 5.95 Å². The van der Waals surface area contributed by atoms with Crippen molar-refractivity contribution in [3.8, 4) is 11.1 Å². The van der Waals surface area contributed by atoms with Gasteiger partial charge >= 0.3 is 0 Å². The molecule has 3 heterocycles. The third-order valence-electron chi connectivity index (χ3n) is 5.59. The summed E-state index contributed by atoms with van der Waals surface area (Å²) in [6, 6.07) is 7.50. The van der Waals surface area contributed by atoms with Crippen molar-refractivity contribution < 1.29 is 14.3 Å². The van der Waals surface area contributed by atoms with Crippen LogP contribution in [0.5, 0.6) is 0 Å². The van der Waals surface area contributed by atoms with Crippen molar-refractivity contribution in [2.24, 2.45) is 0 Å². The summed E-state index contributed by atoms with van der Waals surface area (Å²) in [7, 11) is 3.79. The van der Waals surface area contributed by atoms with E-state index in [-0.39, 0.29) is 17.9 Å². The van der Waals surface area contributed by atoms with Gasteiger partial charge in [-0.2, -0.15) is 0 Å². The zero-order valence-electron chi connectivity index (χ0n) is 17.5. The highest BCUT2D eigenvalue weighted by atomic mass is 16.5. The zero-order valence-corrected chi connectivity index (χ0v) is 17.5. The SMILES string of the molecule is CN(C)c1ncc(-c2ccc(C(=O)N3CCN(C(=O)[C@@H]4CCCO4)CC3)cc2)cn1. The number of ether oxygens (including phenoxy) is 1. The number of benzene rings is 1. The molecule has 2 fully saturated rings. The molecule has 158 valence electrons. The van der Waals surface area contributed by atoms with Crippen molar-refractivity contribution in [1.29, 1.82) is 0 Å². The Labute approximate surface area is 176 Å². The molecule has 4 rings (SSSR count). The van der Waals surface area contributed by atoms with Crippen LogP contribution in [-0.2, 0) is 9.53 Å². The van der Waals surface area contributed by atoms with Crippen LogP contribution in [0.2, 0.25) is 0 Å². The number of hydrogen-bond acceptors (Lipinski definition) is 6. The van der Waals surface area contributed by atoms with Crippen LogP contribution >= 0.6 is 0 Å². The lowest BCUT2D eigenvalue weighted by molar-refractivity contribution is -0.142. The molecule has 0 radical (unpaired) electrons. The average molecular weight is 409 g/mol. The highest BCUT2D eigenvalue weighted by Crippen LogP contribution is 2.21. The summed E-state index contributed by atoms with van der Waals surface area (Å²) >= 11 is 0. The molecule has 1 aromatic carbocycles. The Kier molecular flexibility index (Phi) is 5.94. The molecule has 8 heteroatoms. The number of hydrogen-bond donors (Lipinski definition) is 0. The summed E-state index contributed by atoms with van der Waals surface area (Å²) in [5, 5.41) is 0. The smallest absolute Gasteiger partial charge is 0.253 e. The second-order valence-corrected chi connectivity index (χ2v) is 7.86. The second kappa shape index (κ2) is 8.79. The molecule has 8 nitrogen and oxygen atoms in total. The number of piperazine rings is 1. The maximum absolute atomic E-state index is 12.9. The summed E-state index contributed by atoms with van der Waals surface area (Å²) in [4.78, 5) is 39.5. The van der Waals surface area contributed by atoms with Crippen molar-refractivity contribution in [1.82, 2.24) is 19.8 Å². The van der Waals surface area contributed by atoms with Crippen LogP contribution < -0.4 is 4.90 Å². The quantitative estimate of drug-likeness (QED) is 0.765. The maximum atomic E-state index is 12.9. The molecular formula is C22H27N5O3. The normalized spacial score (nSPS) is 19.1. The van der Waals surface area contributed by atoms with Crippen LogP contribution in [0.3, 0.4) is 0 Å². The molecule has 2 aliphatic heterocycles. The van der Waals surface area contributed by atoms with Crippen molar-refractivity contribution >= 4 is 17.8 Å². The van der Waals surface area contributed by atoms with Crippen LogP contribution in [0.25, 0.3) is 11.1 Å². The summed E-state index contributed by atoms with van der Waals surface area (Å²) < 4.78 is 5.49. The number of carbonyl (C=O) groups is 2. The Balaban J connectivity index is 1.35. The molecule has 0 unspecified atom stereocenters. The van der Waals surface area contributed by atoms with Gasteiger partial charge in [0.2, 0.25) is 5.95 Å². The highest BCUT2D eigenvalue weighted by Gasteiger charge is 2.31. The molecule has 1 atom stereocenters. The topological polar surface area (TPSA) is 78.9 Å². The Morgan fingerprint density at radius 2 is 1.60 bits per heavy atom. The standard InChI is InChI=1S/C22H27N5O3/c1-25(2)22-23-14-18(15-24-22)16-5-7-17(8-6-16)20(28)26-9-11-27(12-10-26)21(29)19-4-3-13-30-19/h5-8,14-15,19H,3-4,9-13H2,1-2H3/t19-/m0/s1. The molecule has 0 spiro atoms. The number of amides is 2. The largest absolute Gasteiger partial charge is 0.368 e. The fourth-order valence-corrected chi connectivity index (χ4v) is 3.80. The third-order valence-corrected chi connectivity index (χ3v) is 5.59. The van der Waals surface area contributed by atoms with E-state index in [1.807, 2.05) is 53.1 Å². The van der Waals surface area contributed by atoms with Gasteiger partial charge in [0.05, 0.1) is 0 Å². The number of aromatic nitrogens is 2. The van der Waals surface area contributed by atoms with Gasteiger partial charge < -0.3 is 19.4 Å². The number of rotatable bonds is 4. The van der Waals surface area contributed by atoms with Crippen molar-refractivity contribution in [3.05, 3.63) is 42.2 Å². The fraction of sp³-hybridized carbons (Fsp3) is 0.455. The molecule has 30 heavy (non-hydrogen) atoms. The van der Waals surface area contributed by atoms with Gasteiger partial charge in [0.15, 0.2) is 0 Å². The first-order chi connectivity index (χ1) is 14.5. The van der Waals surface area contributed by atoms with Gasteiger partial charge in [0.1, 0.15) is 6.10 Å². The maximum Gasteiger partial charge on any atom is 0.253 e. The third kappa shape index (κ3) is 4.28. The molecule has 1 aromatic heterocycles. The van der Waals surface area contributed by atoms with Gasteiger partial charge in [-0.1, -0.05) is 12.1 Å². The molecular weight excluding hydrogens is 382 g/mol. The minimum Gasteiger partial charge on any atom is -0.368 e. The predicted octanol–water partition coefficient (Wildman–Crippen LogP) is 1.67. The van der Waals surface area contributed by atoms with E-state index in [9.17, 15) is 9.59 Å². The Bertz CT molecular complexity index is 884. The monoisotopic (exact) mass is 409 g/mol. The lowest BCUT2D eigenvalue weighted by Crippen LogP contribution is -2.52. The summed E-state index contributed by atoms with van der Waals surface area (Å²) in [5.74, 6) is 0.707. The minimum atomic E-state index is -0.296. The van der Waals surface area contributed by atoms with Crippen LogP contribution in [0.15, 0.2) is 36.7 Å². The molecule has 0 aliphatic carbocycles. The van der Waals surface area contributed by atoms with Gasteiger partial charge in [-0.05, 0) is 30.5 Å². The number of nitrogens with zero attached hydrogens (tertiary/aromatic N) is 5. The minimum absolute atomic E-state index is 0.00929. The Hall–Kier alpha value is -3.00. The molecule has 2 saturated heterocycles. The van der Waals surface area contributed by atoms with E-state index in [1.165, 1.54) is 0 Å². The van der Waals surface area contributed by atoms with Gasteiger partial charge in [-0.15, -0.1) is 0 Å². The first kappa shape index (κ1) is 20.3. The first-order valence-electron chi connectivity index (χ1n) is 10.3. The van der Waals surface area contributed by atoms with E-state index in [0.717, 1.165) is 24.0 Å². The van der Waals surface area contributed by atoms with Gasteiger partial charge in [-0.25, -0.2) is 9.97 Å². The Morgan fingerprint density at radius 3 is 2.17 bits per heavy atom.